The number of rotatable bonds is 11. The van der Waals surface area contributed by atoms with Crippen LogP contribution in [0.4, 0.5) is 0 Å². The molecule has 1 aliphatic rings. The van der Waals surface area contributed by atoms with Gasteiger partial charge in [-0.25, -0.2) is 0 Å². The van der Waals surface area contributed by atoms with E-state index in [1.54, 1.807) is 7.11 Å². The molecule has 0 amide bonds. The molecule has 0 aromatic heterocycles. The number of ether oxygens (including phenoxy) is 2. The summed E-state index contributed by atoms with van der Waals surface area (Å²) < 4.78 is 11.9. The first-order valence-corrected chi connectivity index (χ1v) is 10.9. The molecule has 30 heavy (non-hydrogen) atoms. The molecule has 0 bridgehead atoms. The van der Waals surface area contributed by atoms with Crippen LogP contribution in [0, 0.1) is 0 Å². The average molecular weight is 412 g/mol. The number of carboxylic acid groups (broad SMARTS) is 1. The lowest BCUT2D eigenvalue weighted by atomic mass is 10.00. The highest BCUT2D eigenvalue weighted by atomic mass is 16.5. The molecule has 3 rings (SSSR count). The van der Waals surface area contributed by atoms with E-state index >= 15 is 0 Å². The minimum atomic E-state index is -0.696. The summed E-state index contributed by atoms with van der Waals surface area (Å²) in [6.45, 7) is 3.12. The van der Waals surface area contributed by atoms with Gasteiger partial charge in [-0.1, -0.05) is 48.9 Å². The summed E-state index contributed by atoms with van der Waals surface area (Å²) in [5, 5.41) is 8.72. The van der Waals surface area contributed by atoms with Crippen LogP contribution < -0.4 is 4.74 Å². The second-order valence-electron chi connectivity index (χ2n) is 7.95. The number of piperidine rings is 1. The minimum absolute atomic E-state index is 0.0790. The standard InChI is InChI=1S/C25H33NO4/c1-29-22-13-11-21(12-14-22)25(20-8-4-2-5-9-20)30-23-15-18-26(19-16-23)17-7-3-6-10-24(27)28/h2,4-5,8-9,11-14,23,25H,3,6-7,10,15-19H2,1H3,(H,27,28). The van der Waals surface area contributed by atoms with Gasteiger partial charge in [-0.2, -0.15) is 0 Å². The van der Waals surface area contributed by atoms with Crippen molar-refractivity contribution in [3.05, 3.63) is 65.7 Å². The van der Waals surface area contributed by atoms with Gasteiger partial charge < -0.3 is 19.5 Å². The molecule has 1 unspecified atom stereocenters. The predicted octanol–water partition coefficient (Wildman–Crippen LogP) is 4.91. The molecule has 1 saturated heterocycles. The normalized spacial score (nSPS) is 16.3. The van der Waals surface area contributed by atoms with Crippen LogP contribution >= 0.6 is 0 Å². The Morgan fingerprint density at radius 1 is 1.00 bits per heavy atom. The monoisotopic (exact) mass is 411 g/mol. The Kier molecular flexibility index (Phi) is 8.72. The van der Waals surface area contributed by atoms with Gasteiger partial charge >= 0.3 is 5.97 Å². The first kappa shape index (κ1) is 22.3. The molecule has 0 radical (unpaired) electrons. The van der Waals surface area contributed by atoms with Crippen LogP contribution in [0.3, 0.4) is 0 Å². The first-order chi connectivity index (χ1) is 14.7. The molecular formula is C25H33NO4. The zero-order valence-corrected chi connectivity index (χ0v) is 17.8. The summed E-state index contributed by atoms with van der Waals surface area (Å²) in [5.41, 5.74) is 2.31. The zero-order chi connectivity index (χ0) is 21.2. The fraction of sp³-hybridized carbons (Fsp3) is 0.480. The van der Waals surface area contributed by atoms with E-state index in [9.17, 15) is 4.79 Å². The Bertz CT molecular complexity index is 754. The van der Waals surface area contributed by atoms with Crippen LogP contribution in [0.25, 0.3) is 0 Å². The highest BCUT2D eigenvalue weighted by Crippen LogP contribution is 2.31. The van der Waals surface area contributed by atoms with Gasteiger partial charge in [0.05, 0.1) is 13.2 Å². The summed E-state index contributed by atoms with van der Waals surface area (Å²) in [5.74, 6) is 0.153. The van der Waals surface area contributed by atoms with E-state index in [2.05, 4.69) is 41.3 Å². The van der Waals surface area contributed by atoms with Crippen LogP contribution in [-0.4, -0.2) is 48.8 Å². The van der Waals surface area contributed by atoms with Gasteiger partial charge in [0.15, 0.2) is 0 Å². The van der Waals surface area contributed by atoms with Crippen molar-refractivity contribution in [2.24, 2.45) is 0 Å². The third-order valence-corrected chi connectivity index (χ3v) is 5.75. The maximum atomic E-state index is 10.6. The fourth-order valence-electron chi connectivity index (χ4n) is 4.01. The average Bonchev–Trinajstić information content (AvgIpc) is 2.79. The van der Waals surface area contributed by atoms with Gasteiger partial charge in [0.2, 0.25) is 0 Å². The molecule has 2 aromatic carbocycles. The van der Waals surface area contributed by atoms with Gasteiger partial charge in [-0.05, 0) is 55.5 Å². The van der Waals surface area contributed by atoms with E-state index in [0.29, 0.717) is 0 Å². The lowest BCUT2D eigenvalue weighted by Crippen LogP contribution is -2.38. The highest BCUT2D eigenvalue weighted by Gasteiger charge is 2.24. The molecule has 0 spiro atoms. The van der Waals surface area contributed by atoms with Crippen molar-refractivity contribution in [2.75, 3.05) is 26.7 Å². The molecule has 1 N–H and O–H groups in total. The van der Waals surface area contributed by atoms with Crippen molar-refractivity contribution in [1.29, 1.82) is 0 Å². The highest BCUT2D eigenvalue weighted by molar-refractivity contribution is 5.66. The number of unbranched alkanes of at least 4 members (excludes halogenated alkanes) is 2. The van der Waals surface area contributed by atoms with E-state index < -0.39 is 5.97 Å². The lowest BCUT2D eigenvalue weighted by Gasteiger charge is -2.34. The number of aliphatic carboxylic acids is 1. The molecular weight excluding hydrogens is 378 g/mol. The van der Waals surface area contributed by atoms with E-state index in [4.69, 9.17) is 14.6 Å². The Balaban J connectivity index is 1.52. The van der Waals surface area contributed by atoms with Crippen molar-refractivity contribution < 1.29 is 19.4 Å². The molecule has 5 heteroatoms. The second-order valence-corrected chi connectivity index (χ2v) is 7.95. The number of carboxylic acids is 1. The lowest BCUT2D eigenvalue weighted by molar-refractivity contribution is -0.137. The van der Waals surface area contributed by atoms with Gasteiger partial charge in [-0.3, -0.25) is 4.79 Å². The predicted molar refractivity (Wildman–Crippen MR) is 118 cm³/mol. The molecule has 2 aromatic rings. The Morgan fingerprint density at radius 2 is 1.67 bits per heavy atom. The molecule has 1 aliphatic heterocycles. The SMILES string of the molecule is COc1ccc(C(OC2CCN(CCCCCC(=O)O)CC2)c2ccccc2)cc1. The number of carbonyl (C=O) groups is 1. The third-order valence-electron chi connectivity index (χ3n) is 5.75. The Morgan fingerprint density at radius 3 is 2.30 bits per heavy atom. The number of likely N-dealkylation sites (tertiary alicyclic amines) is 1. The fourth-order valence-corrected chi connectivity index (χ4v) is 4.01. The maximum Gasteiger partial charge on any atom is 0.303 e. The third kappa shape index (κ3) is 6.85. The minimum Gasteiger partial charge on any atom is -0.497 e. The van der Waals surface area contributed by atoms with Crippen LogP contribution in [-0.2, 0) is 9.53 Å². The Labute approximate surface area is 179 Å². The van der Waals surface area contributed by atoms with Gasteiger partial charge in [-0.15, -0.1) is 0 Å². The number of methoxy groups -OCH3 is 1. The van der Waals surface area contributed by atoms with Gasteiger partial charge in [0.25, 0.3) is 0 Å². The molecule has 1 atom stereocenters. The van der Waals surface area contributed by atoms with Crippen molar-refractivity contribution >= 4 is 5.97 Å². The van der Waals surface area contributed by atoms with Crippen molar-refractivity contribution in [3.8, 4) is 5.75 Å². The summed E-state index contributed by atoms with van der Waals surface area (Å²) in [6, 6.07) is 18.5. The molecule has 0 aliphatic carbocycles. The van der Waals surface area contributed by atoms with Crippen LogP contribution in [0.1, 0.15) is 55.8 Å². The summed E-state index contributed by atoms with van der Waals surface area (Å²) in [6.07, 6.45) is 5.30. The van der Waals surface area contributed by atoms with Crippen molar-refractivity contribution in [3.63, 3.8) is 0 Å². The second kappa shape index (κ2) is 11.7. The van der Waals surface area contributed by atoms with Crippen LogP contribution in [0.2, 0.25) is 0 Å². The van der Waals surface area contributed by atoms with Crippen LogP contribution in [0.15, 0.2) is 54.6 Å². The van der Waals surface area contributed by atoms with E-state index in [-0.39, 0.29) is 18.6 Å². The largest absolute Gasteiger partial charge is 0.497 e. The molecule has 1 fully saturated rings. The summed E-state index contributed by atoms with van der Waals surface area (Å²) >= 11 is 0. The van der Waals surface area contributed by atoms with E-state index in [1.807, 2.05) is 18.2 Å². The maximum absolute atomic E-state index is 10.6. The first-order valence-electron chi connectivity index (χ1n) is 10.9. The molecule has 162 valence electrons. The van der Waals surface area contributed by atoms with Crippen molar-refractivity contribution in [2.45, 2.75) is 50.7 Å². The molecule has 1 heterocycles. The Hall–Kier alpha value is -2.37. The number of nitrogens with zero attached hydrogens (tertiary/aromatic N) is 1. The van der Waals surface area contributed by atoms with Crippen molar-refractivity contribution in [1.82, 2.24) is 4.90 Å². The smallest absolute Gasteiger partial charge is 0.303 e. The molecule has 5 nitrogen and oxygen atoms in total. The number of hydrogen-bond acceptors (Lipinski definition) is 4. The van der Waals surface area contributed by atoms with Gasteiger partial charge in [0.1, 0.15) is 11.9 Å². The molecule has 0 saturated carbocycles. The summed E-state index contributed by atoms with van der Waals surface area (Å²) in [4.78, 5) is 13.1. The number of hydrogen-bond donors (Lipinski definition) is 1. The van der Waals surface area contributed by atoms with Gasteiger partial charge in [0, 0.05) is 19.5 Å². The topological polar surface area (TPSA) is 59.0 Å². The van der Waals surface area contributed by atoms with E-state index in [0.717, 1.165) is 63.1 Å². The zero-order valence-electron chi connectivity index (χ0n) is 17.8. The summed E-state index contributed by atoms with van der Waals surface area (Å²) in [7, 11) is 1.68. The quantitative estimate of drug-likeness (QED) is 0.533. The number of benzene rings is 2. The van der Waals surface area contributed by atoms with E-state index in [1.165, 1.54) is 5.56 Å². The van der Waals surface area contributed by atoms with Crippen LogP contribution in [0.5, 0.6) is 5.75 Å².